The van der Waals surface area contributed by atoms with E-state index in [1.807, 2.05) is 0 Å². The second-order valence-electron chi connectivity index (χ2n) is 5.06. The highest BCUT2D eigenvalue weighted by Crippen LogP contribution is 2.35. The maximum atomic E-state index is 12.6. The fourth-order valence-corrected chi connectivity index (χ4v) is 2.79. The third-order valence-electron chi connectivity index (χ3n) is 3.43. The van der Waals surface area contributed by atoms with Crippen molar-refractivity contribution in [3.8, 4) is 6.07 Å². The molecular weight excluding hydrogens is 359 g/mol. The van der Waals surface area contributed by atoms with Gasteiger partial charge in [0, 0.05) is 17.6 Å². The van der Waals surface area contributed by atoms with Gasteiger partial charge in [-0.25, -0.2) is 0 Å². The minimum atomic E-state index is -5.84. The van der Waals surface area contributed by atoms with Gasteiger partial charge in [-0.05, 0) is 11.6 Å². The minimum absolute atomic E-state index is 0.0661. The maximum absolute atomic E-state index is 12.6. The standard InChI is InChI=1S/C15H8F3N3O3S/c16-15(17,18)25(22,23)24-13-7-10-12(8-19)20-21-14(10)11(13)6-9-4-2-1-3-5-9/h1-5,7H,6H2. The molecule has 2 aliphatic rings. The largest absolute Gasteiger partial charge is 0.534 e. The van der Waals surface area contributed by atoms with Crippen LogP contribution in [0.4, 0.5) is 13.2 Å². The SMILES string of the molecule is N#CC1=NN=C2C1=CC(OS(=O)(=O)C(F)(F)F)=C2Cc1ccccc1. The molecule has 0 N–H and O–H groups in total. The molecule has 1 heterocycles. The molecule has 0 fully saturated rings. The summed E-state index contributed by atoms with van der Waals surface area (Å²) in [6.07, 6.45) is 1.10. The van der Waals surface area contributed by atoms with Crippen molar-refractivity contribution >= 4 is 21.5 Å². The number of hydrogen-bond donors (Lipinski definition) is 0. The van der Waals surface area contributed by atoms with Crippen LogP contribution in [0.2, 0.25) is 0 Å². The van der Waals surface area contributed by atoms with Crippen molar-refractivity contribution in [1.29, 1.82) is 5.26 Å². The monoisotopic (exact) mass is 367 g/mol. The molecule has 10 heteroatoms. The van der Waals surface area contributed by atoms with Crippen molar-refractivity contribution in [3.63, 3.8) is 0 Å². The van der Waals surface area contributed by atoms with Gasteiger partial charge in [0.15, 0.2) is 5.71 Å². The molecule has 0 atom stereocenters. The number of nitrogens with zero attached hydrogens (tertiary/aromatic N) is 3. The van der Waals surface area contributed by atoms with Crippen molar-refractivity contribution < 1.29 is 25.8 Å². The number of rotatable bonds is 4. The Balaban J connectivity index is 2.02. The highest BCUT2D eigenvalue weighted by Gasteiger charge is 2.49. The number of fused-ring (bicyclic) bond motifs is 1. The molecule has 3 rings (SSSR count). The molecule has 0 aromatic heterocycles. The zero-order valence-corrected chi connectivity index (χ0v) is 13.1. The Morgan fingerprint density at radius 3 is 2.44 bits per heavy atom. The Bertz CT molecular complexity index is 998. The summed E-state index contributed by atoms with van der Waals surface area (Å²) in [6, 6.07) is 10.4. The lowest BCUT2D eigenvalue weighted by atomic mass is 9.99. The fraction of sp³-hybridized carbons (Fsp3) is 0.133. The quantitative estimate of drug-likeness (QED) is 0.604. The van der Waals surface area contributed by atoms with Gasteiger partial charge in [-0.2, -0.15) is 26.9 Å². The Morgan fingerprint density at radius 1 is 1.16 bits per heavy atom. The molecule has 0 spiro atoms. The number of benzene rings is 1. The first-order valence-corrected chi connectivity index (χ1v) is 8.20. The van der Waals surface area contributed by atoms with E-state index in [1.54, 1.807) is 36.4 Å². The zero-order chi connectivity index (χ0) is 18.2. The Morgan fingerprint density at radius 2 is 1.84 bits per heavy atom. The van der Waals surface area contributed by atoms with Crippen LogP contribution in [-0.4, -0.2) is 25.3 Å². The first kappa shape index (κ1) is 16.9. The summed E-state index contributed by atoms with van der Waals surface area (Å²) >= 11 is 0. The normalized spacial score (nSPS) is 16.8. The molecular formula is C15H8F3N3O3S. The number of halogens is 3. The molecule has 128 valence electrons. The minimum Gasteiger partial charge on any atom is -0.376 e. The lowest BCUT2D eigenvalue weighted by Crippen LogP contribution is -2.25. The van der Waals surface area contributed by atoms with Crippen LogP contribution in [0.25, 0.3) is 0 Å². The van der Waals surface area contributed by atoms with Crippen molar-refractivity contribution in [1.82, 2.24) is 0 Å². The van der Waals surface area contributed by atoms with Crippen LogP contribution in [-0.2, 0) is 20.7 Å². The number of nitriles is 1. The van der Waals surface area contributed by atoms with Gasteiger partial charge in [0.25, 0.3) is 0 Å². The van der Waals surface area contributed by atoms with E-state index in [0.29, 0.717) is 5.56 Å². The number of alkyl halides is 3. The Labute approximate surface area is 140 Å². The summed E-state index contributed by atoms with van der Waals surface area (Å²) in [7, 11) is -5.84. The van der Waals surface area contributed by atoms with Crippen LogP contribution >= 0.6 is 0 Å². The van der Waals surface area contributed by atoms with Crippen molar-refractivity contribution in [2.75, 3.05) is 0 Å². The lowest BCUT2D eigenvalue weighted by Gasteiger charge is -2.11. The third kappa shape index (κ3) is 3.06. The molecule has 0 saturated carbocycles. The first-order chi connectivity index (χ1) is 11.7. The smallest absolute Gasteiger partial charge is 0.376 e. The summed E-state index contributed by atoms with van der Waals surface area (Å²) in [6.45, 7) is 0. The topological polar surface area (TPSA) is 91.9 Å². The average molecular weight is 367 g/mol. The van der Waals surface area contributed by atoms with Crippen molar-refractivity contribution in [3.05, 3.63) is 58.9 Å². The molecule has 0 bridgehead atoms. The van der Waals surface area contributed by atoms with E-state index in [-0.39, 0.29) is 29.0 Å². The van der Waals surface area contributed by atoms with E-state index in [2.05, 4.69) is 14.4 Å². The molecule has 0 amide bonds. The van der Waals surface area contributed by atoms with E-state index in [1.165, 1.54) is 0 Å². The van der Waals surface area contributed by atoms with Gasteiger partial charge in [0.1, 0.15) is 17.5 Å². The highest BCUT2D eigenvalue weighted by molar-refractivity contribution is 7.87. The van der Waals surface area contributed by atoms with Crippen LogP contribution in [0.3, 0.4) is 0 Å². The molecule has 0 saturated heterocycles. The molecule has 1 aromatic carbocycles. The predicted octanol–water partition coefficient (Wildman–Crippen LogP) is 2.62. The van der Waals surface area contributed by atoms with Crippen LogP contribution < -0.4 is 0 Å². The van der Waals surface area contributed by atoms with Gasteiger partial charge in [0.2, 0.25) is 0 Å². The first-order valence-electron chi connectivity index (χ1n) is 6.79. The van der Waals surface area contributed by atoms with Crippen LogP contribution in [0.15, 0.2) is 63.5 Å². The maximum Gasteiger partial charge on any atom is 0.534 e. The summed E-state index contributed by atoms with van der Waals surface area (Å²) < 4.78 is 64.8. The van der Waals surface area contributed by atoms with E-state index in [9.17, 15) is 21.6 Å². The van der Waals surface area contributed by atoms with Gasteiger partial charge in [-0.3, -0.25) is 0 Å². The summed E-state index contributed by atoms with van der Waals surface area (Å²) in [4.78, 5) is 0. The summed E-state index contributed by atoms with van der Waals surface area (Å²) in [5.74, 6) is -0.516. The van der Waals surface area contributed by atoms with Gasteiger partial charge in [-0.1, -0.05) is 30.3 Å². The van der Waals surface area contributed by atoms with Crippen LogP contribution in [0.1, 0.15) is 5.56 Å². The van der Waals surface area contributed by atoms with Crippen molar-refractivity contribution in [2.24, 2.45) is 10.2 Å². The van der Waals surface area contributed by atoms with E-state index in [0.717, 1.165) is 6.08 Å². The van der Waals surface area contributed by atoms with E-state index in [4.69, 9.17) is 5.26 Å². The molecule has 1 aliphatic carbocycles. The highest BCUT2D eigenvalue weighted by atomic mass is 32.2. The van der Waals surface area contributed by atoms with E-state index >= 15 is 0 Å². The molecule has 25 heavy (non-hydrogen) atoms. The summed E-state index contributed by atoms with van der Waals surface area (Å²) in [5.41, 5.74) is -4.60. The van der Waals surface area contributed by atoms with Crippen molar-refractivity contribution in [2.45, 2.75) is 11.9 Å². The molecule has 0 unspecified atom stereocenters. The molecule has 6 nitrogen and oxygen atoms in total. The molecule has 1 aromatic rings. The predicted molar refractivity (Wildman–Crippen MR) is 81.8 cm³/mol. The lowest BCUT2D eigenvalue weighted by molar-refractivity contribution is -0.0520. The number of hydrogen-bond acceptors (Lipinski definition) is 6. The third-order valence-corrected chi connectivity index (χ3v) is 4.40. The zero-order valence-electron chi connectivity index (χ0n) is 12.3. The second-order valence-corrected chi connectivity index (χ2v) is 6.59. The fourth-order valence-electron chi connectivity index (χ4n) is 2.31. The van der Waals surface area contributed by atoms with Gasteiger partial charge < -0.3 is 4.18 Å². The number of allylic oxidation sites excluding steroid dienone is 3. The van der Waals surface area contributed by atoms with Gasteiger partial charge >= 0.3 is 15.6 Å². The van der Waals surface area contributed by atoms with Crippen LogP contribution in [0.5, 0.6) is 0 Å². The second kappa shape index (κ2) is 5.86. The van der Waals surface area contributed by atoms with Crippen LogP contribution in [0, 0.1) is 11.3 Å². The average Bonchev–Trinajstić information content (AvgIpc) is 3.07. The van der Waals surface area contributed by atoms with Gasteiger partial charge in [0.05, 0.1) is 0 Å². The summed E-state index contributed by atoms with van der Waals surface area (Å²) in [5, 5.41) is 16.4. The Hall–Kier alpha value is -2.93. The molecule has 1 aliphatic heterocycles. The molecule has 0 radical (unpaired) electrons. The van der Waals surface area contributed by atoms with Gasteiger partial charge in [-0.15, -0.1) is 10.2 Å². The van der Waals surface area contributed by atoms with E-state index < -0.39 is 21.4 Å². The Kier molecular flexibility index (Phi) is 3.96.